The maximum atomic E-state index is 6.21. The smallest absolute Gasteiger partial charge is 0.187 e. The van der Waals surface area contributed by atoms with Gasteiger partial charge in [0, 0.05) is 0 Å². The van der Waals surface area contributed by atoms with Crippen molar-refractivity contribution in [3.8, 4) is 0 Å². The highest BCUT2D eigenvalue weighted by Gasteiger charge is 2.46. The summed E-state index contributed by atoms with van der Waals surface area (Å²) in [5.41, 5.74) is 8.83. The fraction of sp³-hybridized carbons (Fsp3) is 0.500. The molecule has 0 aromatic heterocycles. The van der Waals surface area contributed by atoms with Crippen LogP contribution in [0.1, 0.15) is 152 Å². The molecule has 0 aliphatic heterocycles. The highest BCUT2D eigenvalue weighted by molar-refractivity contribution is 8.20. The van der Waals surface area contributed by atoms with Gasteiger partial charge in [-0.3, -0.25) is 0 Å². The first-order valence-corrected chi connectivity index (χ1v) is 18.2. The van der Waals surface area contributed by atoms with E-state index in [9.17, 15) is 0 Å². The summed E-state index contributed by atoms with van der Waals surface area (Å²) in [7, 11) is -2.83. The van der Waals surface area contributed by atoms with E-state index >= 15 is 0 Å². The minimum absolute atomic E-state index is 0.421. The van der Waals surface area contributed by atoms with Gasteiger partial charge in [-0.25, -0.2) is 0 Å². The summed E-state index contributed by atoms with van der Waals surface area (Å²) in [4.78, 5) is 0. The van der Waals surface area contributed by atoms with E-state index in [0.29, 0.717) is 35.5 Å². The molecule has 0 heterocycles. The second kappa shape index (κ2) is 12.2. The molecule has 0 saturated heterocycles. The van der Waals surface area contributed by atoms with Gasteiger partial charge in [-0.05, 0) is 84.4 Å². The van der Waals surface area contributed by atoms with Gasteiger partial charge in [0.2, 0.25) is 7.22 Å². The van der Waals surface area contributed by atoms with E-state index < -0.39 is 7.22 Å². The Labute approximate surface area is 240 Å². The standard InChI is InChI=1S/C36H52SSi/c1-22(2)28-16-13-17-29(23(3)4)34(28)38(37,35-30(24(5)6)18-14-19-31(35)25(7)8)36-32(26(9)10)20-15-21-33(36)27(11)12/h13-27,37H,1-12H3. The number of hydrogen-bond donors (Lipinski definition) is 1. The molecular weight excluding hydrogens is 493 g/mol. The summed E-state index contributed by atoms with van der Waals surface area (Å²) in [5, 5.41) is 4.62. The van der Waals surface area contributed by atoms with Crippen LogP contribution in [0.25, 0.3) is 0 Å². The molecule has 0 fully saturated rings. The van der Waals surface area contributed by atoms with Crippen LogP contribution in [0.4, 0.5) is 0 Å². The van der Waals surface area contributed by atoms with Crippen LogP contribution in [0.5, 0.6) is 0 Å². The van der Waals surface area contributed by atoms with Gasteiger partial charge in [-0.15, -0.1) is 0 Å². The Hall–Kier alpha value is -1.77. The molecule has 3 aromatic rings. The first-order chi connectivity index (χ1) is 17.7. The summed E-state index contributed by atoms with van der Waals surface area (Å²) in [6, 6.07) is 21.2. The van der Waals surface area contributed by atoms with Crippen molar-refractivity contribution in [1.82, 2.24) is 0 Å². The average molecular weight is 545 g/mol. The van der Waals surface area contributed by atoms with Crippen molar-refractivity contribution in [3.05, 3.63) is 88.0 Å². The van der Waals surface area contributed by atoms with Gasteiger partial charge in [0.25, 0.3) is 0 Å². The fourth-order valence-electron chi connectivity index (χ4n) is 6.28. The van der Waals surface area contributed by atoms with E-state index in [1.165, 1.54) is 33.4 Å². The van der Waals surface area contributed by atoms with Gasteiger partial charge in [-0.1, -0.05) is 138 Å². The summed E-state index contributed by atoms with van der Waals surface area (Å²) < 4.78 is 0. The van der Waals surface area contributed by atoms with Crippen molar-refractivity contribution in [2.45, 2.75) is 119 Å². The lowest BCUT2D eigenvalue weighted by Gasteiger charge is -2.41. The summed E-state index contributed by atoms with van der Waals surface area (Å²) >= 11 is 6.21. The maximum Gasteiger partial charge on any atom is 0.208 e. The Balaban J connectivity index is 2.79. The largest absolute Gasteiger partial charge is 0.208 e. The molecule has 3 rings (SSSR count). The van der Waals surface area contributed by atoms with Crippen LogP contribution in [0.2, 0.25) is 0 Å². The Kier molecular flexibility index (Phi) is 9.85. The average Bonchev–Trinajstić information content (AvgIpc) is 2.86. The van der Waals surface area contributed by atoms with Crippen molar-refractivity contribution in [2.75, 3.05) is 0 Å². The summed E-state index contributed by atoms with van der Waals surface area (Å²) in [6.45, 7) is 28.3. The van der Waals surface area contributed by atoms with Crippen LogP contribution in [0.15, 0.2) is 54.6 Å². The zero-order valence-corrected chi connectivity index (χ0v) is 28.0. The van der Waals surface area contributed by atoms with E-state index in [-0.39, 0.29) is 0 Å². The molecule has 0 bridgehead atoms. The van der Waals surface area contributed by atoms with Crippen molar-refractivity contribution in [3.63, 3.8) is 0 Å². The second-order valence-electron chi connectivity index (χ2n) is 13.1. The Morgan fingerprint density at radius 1 is 0.368 bits per heavy atom. The van der Waals surface area contributed by atoms with Gasteiger partial charge in [0.1, 0.15) is 0 Å². The van der Waals surface area contributed by atoms with Crippen LogP contribution in [0, 0.1) is 0 Å². The van der Waals surface area contributed by atoms with Gasteiger partial charge < -0.3 is 0 Å². The van der Waals surface area contributed by atoms with Gasteiger partial charge in [-0.2, -0.15) is 12.1 Å². The summed E-state index contributed by atoms with van der Waals surface area (Å²) in [6.07, 6.45) is 0. The first-order valence-electron chi connectivity index (χ1n) is 14.9. The zero-order chi connectivity index (χ0) is 28.5. The predicted molar refractivity (Wildman–Crippen MR) is 178 cm³/mol. The molecule has 2 heteroatoms. The number of hydrogen-bond acceptors (Lipinski definition) is 1. The van der Waals surface area contributed by atoms with Crippen LogP contribution in [-0.2, 0) is 0 Å². The van der Waals surface area contributed by atoms with E-state index in [4.69, 9.17) is 12.1 Å². The van der Waals surface area contributed by atoms with Crippen LogP contribution < -0.4 is 15.6 Å². The highest BCUT2D eigenvalue weighted by Crippen LogP contribution is 2.33. The number of thiol groups is 1. The minimum atomic E-state index is -2.83. The Morgan fingerprint density at radius 2 is 0.526 bits per heavy atom. The van der Waals surface area contributed by atoms with Crippen molar-refractivity contribution < 1.29 is 0 Å². The second-order valence-corrected chi connectivity index (χ2v) is 18.0. The SMILES string of the molecule is CC(C)c1cccc(C(C)C)c1[Si](S)(c1c(C(C)C)cccc1C(C)C)c1c(C(C)C)cccc1C(C)C. The van der Waals surface area contributed by atoms with E-state index in [1.807, 2.05) is 0 Å². The molecule has 38 heavy (non-hydrogen) atoms. The monoisotopic (exact) mass is 544 g/mol. The van der Waals surface area contributed by atoms with Gasteiger partial charge in [0.05, 0.1) is 0 Å². The van der Waals surface area contributed by atoms with Crippen molar-refractivity contribution in [2.24, 2.45) is 0 Å². The normalized spacial score (nSPS) is 12.7. The molecule has 206 valence electrons. The number of rotatable bonds is 9. The quantitative estimate of drug-likeness (QED) is 0.155. The molecule has 0 nitrogen and oxygen atoms in total. The molecule has 0 atom stereocenters. The fourth-order valence-corrected chi connectivity index (χ4v) is 14.1. The topological polar surface area (TPSA) is 0 Å². The first kappa shape index (κ1) is 30.8. The highest BCUT2D eigenvalue weighted by atomic mass is 32.3. The van der Waals surface area contributed by atoms with Crippen molar-refractivity contribution >= 4 is 34.9 Å². The molecule has 0 unspecified atom stereocenters. The van der Waals surface area contributed by atoms with E-state index in [0.717, 1.165) is 0 Å². The lowest BCUT2D eigenvalue weighted by molar-refractivity contribution is 0.836. The molecule has 0 spiro atoms. The third-order valence-electron chi connectivity index (χ3n) is 8.20. The molecule has 0 N–H and O–H groups in total. The van der Waals surface area contributed by atoms with E-state index in [1.54, 1.807) is 15.6 Å². The lowest BCUT2D eigenvalue weighted by atomic mass is 9.94. The third kappa shape index (κ3) is 5.59. The molecular formula is C36H52SSi. The predicted octanol–water partition coefficient (Wildman–Crippen LogP) is 9.32. The molecule has 0 aliphatic rings. The lowest BCUT2D eigenvalue weighted by Crippen LogP contribution is -2.68. The van der Waals surface area contributed by atoms with E-state index in [2.05, 4.69) is 138 Å². The molecule has 0 amide bonds. The van der Waals surface area contributed by atoms with Gasteiger partial charge in [0.15, 0.2) is 0 Å². The van der Waals surface area contributed by atoms with Crippen LogP contribution >= 0.6 is 12.1 Å². The third-order valence-corrected chi connectivity index (χ3v) is 14.1. The molecule has 0 radical (unpaired) electrons. The van der Waals surface area contributed by atoms with Crippen LogP contribution in [-0.4, -0.2) is 7.22 Å². The summed E-state index contributed by atoms with van der Waals surface area (Å²) in [5.74, 6) is 2.53. The molecule has 0 aliphatic carbocycles. The maximum absolute atomic E-state index is 6.21. The van der Waals surface area contributed by atoms with Crippen molar-refractivity contribution in [1.29, 1.82) is 0 Å². The Bertz CT molecular complexity index is 1010. The Morgan fingerprint density at radius 3 is 0.658 bits per heavy atom. The molecule has 0 saturated carbocycles. The number of benzene rings is 3. The minimum Gasteiger partial charge on any atom is -0.187 e. The van der Waals surface area contributed by atoms with Gasteiger partial charge >= 0.3 is 0 Å². The van der Waals surface area contributed by atoms with Crippen LogP contribution in [0.3, 0.4) is 0 Å². The zero-order valence-electron chi connectivity index (χ0n) is 26.1. The molecule has 3 aromatic carbocycles.